The Hall–Kier alpha value is -2.59. The Bertz CT molecular complexity index is 977. The fraction of sp³-hybridized carbons (Fsp3) is 0.400. The highest BCUT2D eigenvalue weighted by atomic mass is 16.5. The van der Waals surface area contributed by atoms with Crippen LogP contribution in [0.3, 0.4) is 0 Å². The minimum Gasteiger partial charge on any atom is -0.494 e. The average Bonchev–Trinajstić information content (AvgIpc) is 2.72. The zero-order valence-corrected chi connectivity index (χ0v) is 17.7. The van der Waals surface area contributed by atoms with Crippen LogP contribution in [0.2, 0.25) is 0 Å². The number of aryl methyl sites for hydroxylation is 2. The molecule has 1 aliphatic rings. The second kappa shape index (κ2) is 8.83. The van der Waals surface area contributed by atoms with Gasteiger partial charge in [-0.2, -0.15) is 0 Å². The lowest BCUT2D eigenvalue weighted by molar-refractivity contribution is 0.211. The summed E-state index contributed by atoms with van der Waals surface area (Å²) in [4.78, 5) is 7.35. The molecule has 0 spiro atoms. The van der Waals surface area contributed by atoms with Gasteiger partial charge in [-0.05, 0) is 68.5 Å². The summed E-state index contributed by atoms with van der Waals surface area (Å²) in [5.41, 5.74) is 4.88. The van der Waals surface area contributed by atoms with Crippen LogP contribution in [0.4, 0.5) is 5.82 Å². The Balaban J connectivity index is 1.35. The van der Waals surface area contributed by atoms with E-state index >= 15 is 0 Å². The van der Waals surface area contributed by atoms with Crippen molar-refractivity contribution in [1.29, 1.82) is 0 Å². The quantitative estimate of drug-likeness (QED) is 0.618. The summed E-state index contributed by atoms with van der Waals surface area (Å²) in [7, 11) is 0. The zero-order chi connectivity index (χ0) is 20.2. The van der Waals surface area contributed by atoms with Crippen LogP contribution in [0.25, 0.3) is 10.9 Å². The first-order valence-electron chi connectivity index (χ1n) is 10.7. The van der Waals surface area contributed by atoms with Gasteiger partial charge in [-0.1, -0.05) is 30.3 Å². The molecule has 3 aromatic rings. The number of pyridine rings is 1. The normalized spacial score (nSPS) is 15.6. The summed E-state index contributed by atoms with van der Waals surface area (Å²) in [5.74, 6) is 2.01. The molecule has 4 rings (SSSR count). The maximum Gasteiger partial charge on any atom is 0.127 e. The van der Waals surface area contributed by atoms with Gasteiger partial charge in [0, 0.05) is 31.1 Å². The predicted molar refractivity (Wildman–Crippen MR) is 121 cm³/mol. The number of hydrogen-bond donors (Lipinski definition) is 1. The van der Waals surface area contributed by atoms with E-state index in [1.54, 1.807) is 0 Å². The van der Waals surface area contributed by atoms with Gasteiger partial charge in [-0.15, -0.1) is 0 Å². The number of benzene rings is 2. The van der Waals surface area contributed by atoms with Crippen molar-refractivity contribution >= 4 is 16.7 Å². The van der Waals surface area contributed by atoms with E-state index in [0.717, 1.165) is 49.6 Å². The van der Waals surface area contributed by atoms with Gasteiger partial charge in [0.25, 0.3) is 0 Å². The largest absolute Gasteiger partial charge is 0.494 e. The van der Waals surface area contributed by atoms with Gasteiger partial charge >= 0.3 is 0 Å². The minimum absolute atomic E-state index is 0.483. The highest BCUT2D eigenvalue weighted by molar-refractivity contribution is 5.83. The van der Waals surface area contributed by atoms with Crippen LogP contribution in [0, 0.1) is 13.8 Å². The molecule has 0 radical (unpaired) electrons. The molecule has 4 heteroatoms. The molecular formula is C25H31N3O. The van der Waals surface area contributed by atoms with Crippen molar-refractivity contribution in [3.8, 4) is 5.75 Å². The van der Waals surface area contributed by atoms with Crippen molar-refractivity contribution in [3.05, 3.63) is 65.2 Å². The summed E-state index contributed by atoms with van der Waals surface area (Å²) in [5, 5.41) is 4.91. The maximum atomic E-state index is 5.75. The topological polar surface area (TPSA) is 37.4 Å². The fourth-order valence-electron chi connectivity index (χ4n) is 4.18. The summed E-state index contributed by atoms with van der Waals surface area (Å²) in [6.07, 6.45) is 2.27. The van der Waals surface area contributed by atoms with Crippen LogP contribution in [0.15, 0.2) is 48.5 Å². The van der Waals surface area contributed by atoms with Crippen LogP contribution in [0.5, 0.6) is 5.75 Å². The number of anilines is 1. The molecule has 0 atom stereocenters. The molecule has 1 saturated heterocycles. The smallest absolute Gasteiger partial charge is 0.127 e. The van der Waals surface area contributed by atoms with Gasteiger partial charge in [-0.3, -0.25) is 4.90 Å². The molecule has 2 aromatic carbocycles. The van der Waals surface area contributed by atoms with Crippen LogP contribution >= 0.6 is 0 Å². The molecule has 0 saturated carbocycles. The lowest BCUT2D eigenvalue weighted by Crippen LogP contribution is -2.38. The van der Waals surface area contributed by atoms with Crippen LogP contribution in [0.1, 0.15) is 36.5 Å². The number of ether oxygens (including phenoxy) is 1. The second-order valence-electron chi connectivity index (χ2n) is 8.07. The Labute approximate surface area is 173 Å². The van der Waals surface area contributed by atoms with Crippen molar-refractivity contribution in [2.75, 3.05) is 25.0 Å². The lowest BCUT2D eigenvalue weighted by Gasteiger charge is -2.32. The Kier molecular flexibility index (Phi) is 6.00. The molecular weight excluding hydrogens is 358 g/mol. The van der Waals surface area contributed by atoms with E-state index in [9.17, 15) is 0 Å². The van der Waals surface area contributed by atoms with E-state index in [1.807, 2.05) is 6.92 Å². The number of nitrogens with zero attached hydrogens (tertiary/aromatic N) is 2. The molecule has 0 amide bonds. The molecule has 2 heterocycles. The van der Waals surface area contributed by atoms with Gasteiger partial charge in [-0.25, -0.2) is 4.98 Å². The number of para-hydroxylation sites is 1. The SMILES string of the molecule is CCOc1cc(CN2CCC(Nc3cc(C)c4ccccc4n3)CC2)ccc1C. The monoisotopic (exact) mass is 389 g/mol. The summed E-state index contributed by atoms with van der Waals surface area (Å²) < 4.78 is 5.75. The third-order valence-electron chi connectivity index (χ3n) is 5.82. The predicted octanol–water partition coefficient (Wildman–Crippen LogP) is 5.33. The average molecular weight is 390 g/mol. The van der Waals surface area contributed by atoms with E-state index in [4.69, 9.17) is 9.72 Å². The van der Waals surface area contributed by atoms with Crippen molar-refractivity contribution < 1.29 is 4.74 Å². The number of aromatic nitrogens is 1. The number of piperidine rings is 1. The first-order valence-corrected chi connectivity index (χ1v) is 10.7. The summed E-state index contributed by atoms with van der Waals surface area (Å²) >= 11 is 0. The first kappa shape index (κ1) is 19.7. The van der Waals surface area contributed by atoms with Gasteiger partial charge in [0.15, 0.2) is 0 Å². The molecule has 0 aliphatic carbocycles. The number of nitrogens with one attached hydrogen (secondary N) is 1. The van der Waals surface area contributed by atoms with E-state index in [-0.39, 0.29) is 0 Å². The van der Waals surface area contributed by atoms with Crippen molar-refractivity contribution in [1.82, 2.24) is 9.88 Å². The van der Waals surface area contributed by atoms with Crippen molar-refractivity contribution in [2.24, 2.45) is 0 Å². The van der Waals surface area contributed by atoms with E-state index in [2.05, 4.69) is 72.6 Å². The highest BCUT2D eigenvalue weighted by Gasteiger charge is 2.20. The first-order chi connectivity index (χ1) is 14.1. The second-order valence-corrected chi connectivity index (χ2v) is 8.07. The third-order valence-corrected chi connectivity index (χ3v) is 5.82. The number of likely N-dealkylation sites (tertiary alicyclic amines) is 1. The molecule has 29 heavy (non-hydrogen) atoms. The number of hydrogen-bond acceptors (Lipinski definition) is 4. The summed E-state index contributed by atoms with van der Waals surface area (Å²) in [6.45, 7) is 10.2. The minimum atomic E-state index is 0.483. The zero-order valence-electron chi connectivity index (χ0n) is 17.7. The lowest BCUT2D eigenvalue weighted by atomic mass is 10.0. The molecule has 1 aromatic heterocycles. The van der Waals surface area contributed by atoms with Crippen LogP contribution in [-0.4, -0.2) is 35.6 Å². The van der Waals surface area contributed by atoms with Crippen molar-refractivity contribution in [3.63, 3.8) is 0 Å². The molecule has 0 unspecified atom stereocenters. The molecule has 1 fully saturated rings. The van der Waals surface area contributed by atoms with E-state index in [1.165, 1.54) is 22.1 Å². The van der Waals surface area contributed by atoms with Gasteiger partial charge in [0.1, 0.15) is 11.6 Å². The summed E-state index contributed by atoms with van der Waals surface area (Å²) in [6, 6.07) is 17.6. The van der Waals surface area contributed by atoms with Crippen LogP contribution in [-0.2, 0) is 6.54 Å². The number of fused-ring (bicyclic) bond motifs is 1. The van der Waals surface area contributed by atoms with Gasteiger partial charge in [0.2, 0.25) is 0 Å². The van der Waals surface area contributed by atoms with E-state index < -0.39 is 0 Å². The fourth-order valence-corrected chi connectivity index (χ4v) is 4.18. The Morgan fingerprint density at radius 1 is 1.03 bits per heavy atom. The van der Waals surface area contributed by atoms with Gasteiger partial charge in [0.05, 0.1) is 12.1 Å². The molecule has 152 valence electrons. The van der Waals surface area contributed by atoms with Gasteiger partial charge < -0.3 is 10.1 Å². The maximum absolute atomic E-state index is 5.75. The number of rotatable bonds is 6. The highest BCUT2D eigenvalue weighted by Crippen LogP contribution is 2.24. The Morgan fingerprint density at radius 2 is 1.83 bits per heavy atom. The Morgan fingerprint density at radius 3 is 2.62 bits per heavy atom. The molecule has 1 aliphatic heterocycles. The molecule has 0 bridgehead atoms. The standard InChI is InChI=1S/C25H31N3O/c1-4-29-24-16-20(10-9-18(24)2)17-28-13-11-21(12-14-28)26-25-15-19(3)22-7-5-6-8-23(22)27-25/h5-10,15-16,21H,4,11-14,17H2,1-3H3,(H,26,27). The molecule has 1 N–H and O–H groups in total. The molecule has 4 nitrogen and oxygen atoms in total. The third kappa shape index (κ3) is 4.70. The van der Waals surface area contributed by atoms with Crippen LogP contribution < -0.4 is 10.1 Å². The van der Waals surface area contributed by atoms with Crippen molar-refractivity contribution in [2.45, 2.75) is 46.2 Å². The van der Waals surface area contributed by atoms with E-state index in [0.29, 0.717) is 12.6 Å².